The number of aliphatic hydroxyl groups excluding tert-OH is 2. The molecular weight excluding hydrogens is 1080 g/mol. The molecule has 0 spiro atoms. The van der Waals surface area contributed by atoms with Gasteiger partial charge in [-0.15, -0.1) is 0 Å². The van der Waals surface area contributed by atoms with Crippen molar-refractivity contribution >= 4 is 11.9 Å². The Morgan fingerprint density at radius 3 is 0.807 bits per heavy atom. The topological polar surface area (TPSA) is 95.9 Å². The molecule has 3 N–H and O–H groups in total. The molecule has 0 bridgehead atoms. The minimum absolute atomic E-state index is 0.0223. The van der Waals surface area contributed by atoms with Gasteiger partial charge in [0.05, 0.1) is 25.4 Å². The van der Waals surface area contributed by atoms with E-state index < -0.39 is 12.1 Å². The van der Waals surface area contributed by atoms with E-state index >= 15 is 0 Å². The van der Waals surface area contributed by atoms with Crippen LogP contribution in [0, 0.1) is 0 Å². The second kappa shape index (κ2) is 78.0. The quantitative estimate of drug-likeness (QED) is 0.0320. The Bertz CT molecular complexity index is 1340. The third-order valence-corrected chi connectivity index (χ3v) is 19.6. The average molecular weight is 1240 g/mol. The highest BCUT2D eigenvalue weighted by molar-refractivity contribution is 5.76. The number of carbonyl (C=O) groups is 2. The lowest BCUT2D eigenvalue weighted by atomic mass is 10.0. The number of hydrogen-bond donors (Lipinski definition) is 3. The molecule has 0 aliphatic heterocycles. The third-order valence-electron chi connectivity index (χ3n) is 19.6. The van der Waals surface area contributed by atoms with Gasteiger partial charge in [0.1, 0.15) is 0 Å². The van der Waals surface area contributed by atoms with Gasteiger partial charge in [-0.05, 0) is 51.4 Å². The van der Waals surface area contributed by atoms with Crippen LogP contribution in [-0.2, 0) is 14.3 Å². The van der Waals surface area contributed by atoms with E-state index in [1.807, 2.05) is 0 Å². The van der Waals surface area contributed by atoms with Crippen LogP contribution in [0.3, 0.4) is 0 Å². The Morgan fingerprint density at radius 1 is 0.307 bits per heavy atom. The van der Waals surface area contributed by atoms with E-state index in [9.17, 15) is 19.8 Å². The van der Waals surface area contributed by atoms with Gasteiger partial charge in [0, 0.05) is 12.8 Å². The first-order chi connectivity index (χ1) is 43.5. The van der Waals surface area contributed by atoms with Crippen molar-refractivity contribution < 1.29 is 24.5 Å². The summed E-state index contributed by atoms with van der Waals surface area (Å²) in [6.45, 7) is 5.02. The van der Waals surface area contributed by atoms with Crippen LogP contribution in [0.2, 0.25) is 0 Å². The van der Waals surface area contributed by atoms with Gasteiger partial charge in [-0.2, -0.15) is 0 Å². The van der Waals surface area contributed by atoms with E-state index in [4.69, 9.17) is 4.74 Å². The van der Waals surface area contributed by atoms with E-state index in [2.05, 4.69) is 31.3 Å². The molecule has 2 atom stereocenters. The fraction of sp³-hybridized carbons (Fsp3) is 0.951. The maximum absolute atomic E-state index is 12.6. The van der Waals surface area contributed by atoms with Gasteiger partial charge in [-0.1, -0.05) is 424 Å². The van der Waals surface area contributed by atoms with Gasteiger partial charge in [0.25, 0.3) is 0 Å². The van der Waals surface area contributed by atoms with Crippen LogP contribution < -0.4 is 5.32 Å². The summed E-state index contributed by atoms with van der Waals surface area (Å²) in [7, 11) is 0. The van der Waals surface area contributed by atoms with E-state index in [1.54, 1.807) is 0 Å². The molecule has 524 valence electrons. The molecule has 0 aliphatic rings. The van der Waals surface area contributed by atoms with Crippen LogP contribution in [0.5, 0.6) is 0 Å². The van der Waals surface area contributed by atoms with E-state index in [0.29, 0.717) is 25.9 Å². The molecule has 0 rings (SSSR count). The molecule has 0 saturated heterocycles. The SMILES string of the molecule is CCCCCCCCCCCCCCCCCCCCCCCCCCC(O)C(CO)NC(=O)CCCCCCCCCCCCCCCCCCC/C=C\CCCCCCCCCCCCCCOC(=O)CCCCCCCCCCCCCCCC. The van der Waals surface area contributed by atoms with Crippen molar-refractivity contribution in [1.82, 2.24) is 5.32 Å². The molecule has 0 aromatic heterocycles. The molecular formula is C82H161NO5. The van der Waals surface area contributed by atoms with Crippen molar-refractivity contribution in [3.63, 3.8) is 0 Å². The summed E-state index contributed by atoms with van der Waals surface area (Å²) in [5.74, 6) is -0.00319. The number of rotatable bonds is 78. The van der Waals surface area contributed by atoms with Crippen LogP contribution >= 0.6 is 0 Å². The predicted octanol–water partition coefficient (Wildman–Crippen LogP) is 27.1. The zero-order valence-electron chi connectivity index (χ0n) is 60.3. The van der Waals surface area contributed by atoms with Crippen molar-refractivity contribution in [2.75, 3.05) is 13.2 Å². The van der Waals surface area contributed by atoms with Crippen molar-refractivity contribution in [1.29, 1.82) is 0 Å². The first-order valence-corrected chi connectivity index (χ1v) is 40.9. The molecule has 0 aromatic rings. The minimum Gasteiger partial charge on any atom is -0.466 e. The van der Waals surface area contributed by atoms with Crippen molar-refractivity contribution in [3.05, 3.63) is 12.2 Å². The van der Waals surface area contributed by atoms with Crippen molar-refractivity contribution in [3.8, 4) is 0 Å². The number of esters is 1. The molecule has 2 unspecified atom stereocenters. The normalized spacial score (nSPS) is 12.5. The second-order valence-corrected chi connectivity index (χ2v) is 28.5. The summed E-state index contributed by atoms with van der Waals surface area (Å²) in [5, 5.41) is 23.5. The van der Waals surface area contributed by atoms with E-state index in [1.165, 1.54) is 405 Å². The van der Waals surface area contributed by atoms with Gasteiger partial charge >= 0.3 is 5.97 Å². The summed E-state index contributed by atoms with van der Waals surface area (Å²) in [4.78, 5) is 24.7. The first kappa shape index (κ1) is 86.6. The number of hydrogen-bond acceptors (Lipinski definition) is 5. The fourth-order valence-corrected chi connectivity index (χ4v) is 13.3. The molecule has 0 fully saturated rings. The molecule has 0 heterocycles. The zero-order valence-corrected chi connectivity index (χ0v) is 60.3. The Kier molecular flexibility index (Phi) is 76.8. The molecule has 0 saturated carbocycles. The maximum Gasteiger partial charge on any atom is 0.305 e. The van der Waals surface area contributed by atoms with Gasteiger partial charge in [-0.3, -0.25) is 9.59 Å². The van der Waals surface area contributed by atoms with Crippen molar-refractivity contribution in [2.45, 2.75) is 488 Å². The first-order valence-electron chi connectivity index (χ1n) is 40.9. The molecule has 0 radical (unpaired) electrons. The number of unbranched alkanes of at least 4 members (excludes halogenated alkanes) is 65. The van der Waals surface area contributed by atoms with Crippen LogP contribution in [0.15, 0.2) is 12.2 Å². The van der Waals surface area contributed by atoms with Crippen molar-refractivity contribution in [2.24, 2.45) is 0 Å². The van der Waals surface area contributed by atoms with Gasteiger partial charge in [0.2, 0.25) is 5.91 Å². The standard InChI is InChI=1S/C82H161NO5/c1-3-5-7-9-11-13-15-17-19-20-21-22-23-35-38-41-44-47-50-54-58-62-66-70-74-80(85)79(78-84)83-81(86)75-71-67-63-59-55-51-48-45-42-39-36-33-31-29-27-25-24-26-28-30-32-34-37-40-43-46-49-53-57-61-65-69-73-77-88-82(87)76-72-68-64-60-56-52-18-16-14-12-10-8-6-4-2/h28,30,79-80,84-85H,3-27,29,31-78H2,1-2H3,(H,83,86)/b30-28-. The van der Waals surface area contributed by atoms with E-state index in [-0.39, 0.29) is 18.5 Å². The molecule has 6 nitrogen and oxygen atoms in total. The largest absolute Gasteiger partial charge is 0.466 e. The summed E-state index contributed by atoms with van der Waals surface area (Å²) in [5.41, 5.74) is 0. The summed E-state index contributed by atoms with van der Waals surface area (Å²) < 4.78 is 5.50. The Balaban J connectivity index is 3.34. The van der Waals surface area contributed by atoms with E-state index in [0.717, 1.165) is 38.5 Å². The summed E-state index contributed by atoms with van der Waals surface area (Å²) >= 11 is 0. The number of allylic oxidation sites excluding steroid dienone is 2. The van der Waals surface area contributed by atoms with Gasteiger partial charge < -0.3 is 20.3 Å². The highest BCUT2D eigenvalue weighted by Gasteiger charge is 2.20. The smallest absolute Gasteiger partial charge is 0.305 e. The molecule has 88 heavy (non-hydrogen) atoms. The van der Waals surface area contributed by atoms with Crippen LogP contribution in [0.4, 0.5) is 0 Å². The third kappa shape index (κ3) is 73.6. The maximum atomic E-state index is 12.6. The second-order valence-electron chi connectivity index (χ2n) is 28.5. The Morgan fingerprint density at radius 2 is 0.534 bits per heavy atom. The lowest BCUT2D eigenvalue weighted by molar-refractivity contribution is -0.143. The number of aliphatic hydroxyl groups is 2. The summed E-state index contributed by atoms with van der Waals surface area (Å²) in [6, 6.07) is -0.540. The summed E-state index contributed by atoms with van der Waals surface area (Å²) in [6.07, 6.45) is 98.9. The highest BCUT2D eigenvalue weighted by atomic mass is 16.5. The highest BCUT2D eigenvalue weighted by Crippen LogP contribution is 2.21. The van der Waals surface area contributed by atoms with Crippen LogP contribution in [0.25, 0.3) is 0 Å². The fourth-order valence-electron chi connectivity index (χ4n) is 13.3. The van der Waals surface area contributed by atoms with Gasteiger partial charge in [0.15, 0.2) is 0 Å². The molecule has 6 heteroatoms. The molecule has 0 aromatic carbocycles. The Hall–Kier alpha value is -1.40. The number of ether oxygens (including phenoxy) is 1. The Labute approximate surface area is 552 Å². The number of amides is 1. The minimum atomic E-state index is -0.663. The number of carbonyl (C=O) groups excluding carboxylic acids is 2. The molecule has 1 amide bonds. The molecule has 0 aliphatic carbocycles. The predicted molar refractivity (Wildman–Crippen MR) is 389 cm³/mol. The average Bonchev–Trinajstić information content (AvgIpc) is 3.58. The monoisotopic (exact) mass is 1240 g/mol. The zero-order chi connectivity index (χ0) is 63.5. The van der Waals surface area contributed by atoms with Gasteiger partial charge in [-0.25, -0.2) is 0 Å². The van der Waals surface area contributed by atoms with Crippen LogP contribution in [0.1, 0.15) is 476 Å². The van der Waals surface area contributed by atoms with Crippen LogP contribution in [-0.4, -0.2) is 47.4 Å². The lowest BCUT2D eigenvalue weighted by Gasteiger charge is -2.22. The number of nitrogens with one attached hydrogen (secondary N) is 1. The lowest BCUT2D eigenvalue weighted by Crippen LogP contribution is -2.45.